The van der Waals surface area contributed by atoms with Crippen LogP contribution in [0.5, 0.6) is 11.5 Å². The molecule has 0 aromatic heterocycles. The van der Waals surface area contributed by atoms with E-state index in [-0.39, 0.29) is 0 Å². The average molecular weight is 206 g/mol. The van der Waals surface area contributed by atoms with E-state index in [0.29, 0.717) is 5.54 Å². The van der Waals surface area contributed by atoms with Gasteiger partial charge in [-0.05, 0) is 28.8 Å². The predicted molar refractivity (Wildman–Crippen MR) is 61.3 cm³/mol. The Labute approximate surface area is 87.0 Å². The van der Waals surface area contributed by atoms with E-state index in [1.54, 1.807) is 14.2 Å². The van der Waals surface area contributed by atoms with Gasteiger partial charge in [0.1, 0.15) is 0 Å². The Morgan fingerprint density at radius 3 is 2.43 bits per heavy atom. The van der Waals surface area contributed by atoms with Crippen LogP contribution >= 0.6 is 0 Å². The fourth-order valence-electron chi connectivity index (χ4n) is 1.80. The molecule has 0 aliphatic heterocycles. The second-order valence-electron chi connectivity index (χ2n) is 3.48. The molecule has 0 saturated carbocycles. The maximum absolute atomic E-state index is 5.27. The van der Waals surface area contributed by atoms with Gasteiger partial charge in [0, 0.05) is 10.2 Å². The van der Waals surface area contributed by atoms with E-state index in [1.807, 2.05) is 6.07 Å². The van der Waals surface area contributed by atoms with E-state index in [9.17, 15) is 0 Å². The maximum atomic E-state index is 5.27. The predicted octanol–water partition coefficient (Wildman–Crippen LogP) is 1.14. The summed E-state index contributed by atoms with van der Waals surface area (Å²) in [6, 6.07) is 4.13. The Balaban J connectivity index is 2.53. The largest absolute Gasteiger partial charge is 0.493 e. The van der Waals surface area contributed by atoms with Crippen molar-refractivity contribution in [2.24, 2.45) is 0 Å². The number of rotatable bonds is 2. The summed E-state index contributed by atoms with van der Waals surface area (Å²) in [5.41, 5.74) is 3.25. The molecule has 0 amide bonds. The first-order valence-corrected chi connectivity index (χ1v) is 5.86. The van der Waals surface area contributed by atoms with Crippen molar-refractivity contribution in [2.45, 2.75) is 5.54 Å². The third-order valence-electron chi connectivity index (χ3n) is 2.64. The van der Waals surface area contributed by atoms with Crippen LogP contribution in [0.4, 0.5) is 0 Å². The molecule has 1 aromatic rings. The van der Waals surface area contributed by atoms with E-state index in [0.717, 1.165) is 21.7 Å². The minimum absolute atomic E-state index is 0.616. The summed E-state index contributed by atoms with van der Waals surface area (Å²) in [4.78, 5) is 0. The van der Waals surface area contributed by atoms with E-state index in [1.165, 1.54) is 11.1 Å². The molecule has 2 nitrogen and oxygen atoms in total. The molecule has 0 spiro atoms. The fraction of sp³-hybridized carbons (Fsp3) is 0.273. The van der Waals surface area contributed by atoms with Crippen LogP contribution in [0.3, 0.4) is 0 Å². The van der Waals surface area contributed by atoms with Gasteiger partial charge in [0.25, 0.3) is 0 Å². The molecule has 0 radical (unpaired) electrons. The number of allylic oxidation sites excluding steroid dienone is 1. The third kappa shape index (κ3) is 1.34. The van der Waals surface area contributed by atoms with Gasteiger partial charge in [-0.1, -0.05) is 12.2 Å². The van der Waals surface area contributed by atoms with E-state index in [4.69, 9.17) is 9.47 Å². The van der Waals surface area contributed by atoms with Crippen LogP contribution in [-0.4, -0.2) is 24.5 Å². The van der Waals surface area contributed by atoms with Crippen molar-refractivity contribution >= 4 is 16.3 Å². The van der Waals surface area contributed by atoms with Crippen LogP contribution in [0.2, 0.25) is 0 Å². The van der Waals surface area contributed by atoms with Gasteiger partial charge in [0.15, 0.2) is 11.5 Å². The van der Waals surface area contributed by atoms with Crippen LogP contribution in [-0.2, 0) is 0 Å². The van der Waals surface area contributed by atoms with Gasteiger partial charge in [-0.15, -0.1) is 0 Å². The molecule has 1 aliphatic rings. The normalized spacial score (nSPS) is 18.3. The molecule has 1 aliphatic carbocycles. The molecule has 2 rings (SSSR count). The van der Waals surface area contributed by atoms with Crippen LogP contribution in [0, 0.1) is 0 Å². The molecule has 3 heteroatoms. The lowest BCUT2D eigenvalue weighted by Gasteiger charge is -2.11. The van der Waals surface area contributed by atoms with Gasteiger partial charge in [-0.25, -0.2) is 0 Å². The van der Waals surface area contributed by atoms with Gasteiger partial charge in [0.05, 0.1) is 14.2 Å². The van der Waals surface area contributed by atoms with Crippen molar-refractivity contribution in [3.05, 3.63) is 29.3 Å². The van der Waals surface area contributed by atoms with Gasteiger partial charge in [0.2, 0.25) is 0 Å². The highest BCUT2D eigenvalue weighted by Gasteiger charge is 2.16. The first-order chi connectivity index (χ1) is 6.76. The van der Waals surface area contributed by atoms with E-state index < -0.39 is 0 Å². The Kier molecular flexibility index (Phi) is 2.33. The SMILES string of the molecule is COc1cc2c(cc1OC)C([SiH3])C=C2. The highest BCUT2D eigenvalue weighted by Crippen LogP contribution is 2.37. The Morgan fingerprint density at radius 1 is 1.14 bits per heavy atom. The van der Waals surface area contributed by atoms with Crippen molar-refractivity contribution in [3.63, 3.8) is 0 Å². The lowest BCUT2D eigenvalue weighted by atomic mass is 10.1. The van der Waals surface area contributed by atoms with Crippen LogP contribution < -0.4 is 9.47 Å². The molecule has 1 aromatic carbocycles. The zero-order valence-corrected chi connectivity index (χ0v) is 10.7. The van der Waals surface area contributed by atoms with Crippen LogP contribution in [0.25, 0.3) is 6.08 Å². The minimum Gasteiger partial charge on any atom is -0.493 e. The average Bonchev–Trinajstić information content (AvgIpc) is 2.58. The second kappa shape index (κ2) is 3.50. The Bertz CT molecular complexity index is 385. The minimum atomic E-state index is 0.616. The second-order valence-corrected chi connectivity index (χ2v) is 4.73. The number of ether oxygens (including phenoxy) is 2. The van der Waals surface area contributed by atoms with Crippen molar-refractivity contribution < 1.29 is 9.47 Å². The number of methoxy groups -OCH3 is 2. The van der Waals surface area contributed by atoms with Gasteiger partial charge < -0.3 is 9.47 Å². The Hall–Kier alpha value is -1.22. The molecule has 1 atom stereocenters. The summed E-state index contributed by atoms with van der Waals surface area (Å²) in [7, 11) is 4.49. The monoisotopic (exact) mass is 206 g/mol. The summed E-state index contributed by atoms with van der Waals surface area (Å²) >= 11 is 0. The summed E-state index contributed by atoms with van der Waals surface area (Å²) in [5.74, 6) is 1.64. The van der Waals surface area contributed by atoms with Crippen LogP contribution in [0.15, 0.2) is 18.2 Å². The zero-order chi connectivity index (χ0) is 10.1. The number of fused-ring (bicyclic) bond motifs is 1. The smallest absolute Gasteiger partial charge is 0.161 e. The molecule has 74 valence electrons. The van der Waals surface area contributed by atoms with Gasteiger partial charge in [-0.3, -0.25) is 0 Å². The Morgan fingerprint density at radius 2 is 1.79 bits per heavy atom. The summed E-state index contributed by atoms with van der Waals surface area (Å²) < 4.78 is 10.5. The topological polar surface area (TPSA) is 18.5 Å². The molecule has 0 N–H and O–H groups in total. The molecule has 0 bridgehead atoms. The van der Waals surface area contributed by atoms with Crippen molar-refractivity contribution in [1.82, 2.24) is 0 Å². The molecule has 14 heavy (non-hydrogen) atoms. The highest BCUT2D eigenvalue weighted by atomic mass is 28.1. The van der Waals surface area contributed by atoms with Crippen molar-refractivity contribution in [3.8, 4) is 11.5 Å². The number of hydrogen-bond donors (Lipinski definition) is 0. The van der Waals surface area contributed by atoms with E-state index in [2.05, 4.69) is 18.2 Å². The maximum Gasteiger partial charge on any atom is 0.161 e. The standard InChI is InChI=1S/C11H14O2Si/c1-12-9-5-7-3-4-11(14)8(7)6-10(9)13-2/h3-6,11H,1-2,14H3. The van der Waals surface area contributed by atoms with Crippen LogP contribution in [0.1, 0.15) is 16.7 Å². The molecule has 0 fully saturated rings. The molecule has 0 saturated heterocycles. The summed E-state index contributed by atoms with van der Waals surface area (Å²) in [6.07, 6.45) is 4.41. The fourth-order valence-corrected chi connectivity index (χ4v) is 2.49. The first kappa shape index (κ1) is 9.34. The number of hydrogen-bond acceptors (Lipinski definition) is 2. The van der Waals surface area contributed by atoms with Gasteiger partial charge >= 0.3 is 0 Å². The zero-order valence-electron chi connectivity index (χ0n) is 8.70. The first-order valence-electron chi connectivity index (χ1n) is 4.70. The van der Waals surface area contributed by atoms with Gasteiger partial charge in [-0.2, -0.15) is 0 Å². The number of benzene rings is 1. The summed E-state index contributed by atoms with van der Waals surface area (Å²) in [6.45, 7) is 0. The molecule has 1 unspecified atom stereocenters. The molecule has 0 heterocycles. The highest BCUT2D eigenvalue weighted by molar-refractivity contribution is 6.15. The quantitative estimate of drug-likeness (QED) is 0.676. The van der Waals surface area contributed by atoms with E-state index >= 15 is 0 Å². The summed E-state index contributed by atoms with van der Waals surface area (Å²) in [5, 5.41) is 0. The molecular formula is C11H14O2Si. The lowest BCUT2D eigenvalue weighted by molar-refractivity contribution is 0.354. The lowest BCUT2D eigenvalue weighted by Crippen LogP contribution is -1.96. The molecular weight excluding hydrogens is 192 g/mol. The van der Waals surface area contributed by atoms with Crippen molar-refractivity contribution in [1.29, 1.82) is 0 Å². The third-order valence-corrected chi connectivity index (χ3v) is 3.65. The van der Waals surface area contributed by atoms with Crippen molar-refractivity contribution in [2.75, 3.05) is 14.2 Å².